The van der Waals surface area contributed by atoms with E-state index < -0.39 is 11.7 Å². The standard InChI is InChI=1S/C14H14F3N3OS/c15-14(16,17)10-3-1-2-9(6-10)13-19-12(21-20-13)7-11-8-22-5-4-18-11/h1-3,6,11,18H,4-5,7-8H2. The summed E-state index contributed by atoms with van der Waals surface area (Å²) in [5.74, 6) is 2.66. The Morgan fingerprint density at radius 3 is 2.95 bits per heavy atom. The summed E-state index contributed by atoms with van der Waals surface area (Å²) in [5, 5.41) is 7.14. The molecule has 1 aliphatic heterocycles. The Labute approximate surface area is 129 Å². The van der Waals surface area contributed by atoms with Crippen LogP contribution in [0.5, 0.6) is 0 Å². The molecule has 0 aliphatic carbocycles. The Morgan fingerprint density at radius 1 is 1.36 bits per heavy atom. The Kier molecular flexibility index (Phi) is 4.39. The van der Waals surface area contributed by atoms with E-state index in [1.54, 1.807) is 6.07 Å². The van der Waals surface area contributed by atoms with Crippen LogP contribution in [0.3, 0.4) is 0 Å². The highest BCUT2D eigenvalue weighted by Gasteiger charge is 2.30. The highest BCUT2D eigenvalue weighted by Crippen LogP contribution is 2.31. The SMILES string of the molecule is FC(F)(F)c1cccc(-c2noc(CC3CSCCN3)n2)c1. The monoisotopic (exact) mass is 329 g/mol. The maximum absolute atomic E-state index is 12.7. The Hall–Kier alpha value is -1.54. The lowest BCUT2D eigenvalue weighted by atomic mass is 10.1. The fourth-order valence-electron chi connectivity index (χ4n) is 2.25. The van der Waals surface area contributed by atoms with Gasteiger partial charge in [-0.3, -0.25) is 0 Å². The zero-order chi connectivity index (χ0) is 15.6. The molecule has 0 spiro atoms. The second-order valence-corrected chi connectivity index (χ2v) is 6.17. The van der Waals surface area contributed by atoms with Gasteiger partial charge in [-0.25, -0.2) is 0 Å². The summed E-state index contributed by atoms with van der Waals surface area (Å²) < 4.78 is 43.3. The van der Waals surface area contributed by atoms with Crippen molar-refractivity contribution in [3.8, 4) is 11.4 Å². The lowest BCUT2D eigenvalue weighted by molar-refractivity contribution is -0.137. The van der Waals surface area contributed by atoms with Crippen LogP contribution in [0.25, 0.3) is 11.4 Å². The van der Waals surface area contributed by atoms with Gasteiger partial charge in [-0.2, -0.15) is 29.9 Å². The predicted molar refractivity (Wildman–Crippen MR) is 77.6 cm³/mol. The lowest BCUT2D eigenvalue weighted by Crippen LogP contribution is -2.38. The van der Waals surface area contributed by atoms with Crippen molar-refractivity contribution in [3.63, 3.8) is 0 Å². The van der Waals surface area contributed by atoms with Gasteiger partial charge in [0.15, 0.2) is 0 Å². The van der Waals surface area contributed by atoms with Gasteiger partial charge in [0, 0.05) is 36.1 Å². The van der Waals surface area contributed by atoms with Gasteiger partial charge in [0.1, 0.15) is 0 Å². The molecule has 1 aromatic carbocycles. The normalized spacial score (nSPS) is 19.3. The molecule has 0 radical (unpaired) electrons. The van der Waals surface area contributed by atoms with Crippen LogP contribution in [0.1, 0.15) is 11.5 Å². The third kappa shape index (κ3) is 3.61. The molecule has 0 bridgehead atoms. The van der Waals surface area contributed by atoms with E-state index in [0.29, 0.717) is 17.9 Å². The molecule has 118 valence electrons. The third-order valence-electron chi connectivity index (χ3n) is 3.34. The molecule has 1 aromatic heterocycles. The van der Waals surface area contributed by atoms with Crippen LogP contribution in [0, 0.1) is 0 Å². The molecule has 0 saturated carbocycles. The number of halogens is 3. The molecule has 3 rings (SSSR count). The molecule has 1 aliphatic rings. The largest absolute Gasteiger partial charge is 0.416 e. The second kappa shape index (κ2) is 6.29. The molecule has 1 saturated heterocycles. The number of thioether (sulfide) groups is 1. The van der Waals surface area contributed by atoms with Gasteiger partial charge in [0.05, 0.1) is 5.56 Å². The summed E-state index contributed by atoms with van der Waals surface area (Å²) >= 11 is 1.85. The second-order valence-electron chi connectivity index (χ2n) is 5.02. The molecule has 22 heavy (non-hydrogen) atoms. The van der Waals surface area contributed by atoms with Gasteiger partial charge in [-0.05, 0) is 12.1 Å². The van der Waals surface area contributed by atoms with Crippen molar-refractivity contribution in [3.05, 3.63) is 35.7 Å². The minimum atomic E-state index is -4.38. The van der Waals surface area contributed by atoms with Crippen molar-refractivity contribution in [1.29, 1.82) is 0 Å². The fraction of sp³-hybridized carbons (Fsp3) is 0.429. The van der Waals surface area contributed by atoms with Crippen LogP contribution in [-0.4, -0.2) is 34.2 Å². The number of nitrogens with zero attached hydrogens (tertiary/aromatic N) is 2. The molecule has 2 aromatic rings. The minimum absolute atomic E-state index is 0.185. The lowest BCUT2D eigenvalue weighted by Gasteiger charge is -2.21. The number of hydrogen-bond donors (Lipinski definition) is 1. The summed E-state index contributed by atoms with van der Waals surface area (Å²) in [6.07, 6.45) is -3.80. The van der Waals surface area contributed by atoms with Gasteiger partial charge in [0.25, 0.3) is 0 Å². The van der Waals surface area contributed by atoms with Gasteiger partial charge in [-0.1, -0.05) is 17.3 Å². The van der Waals surface area contributed by atoms with Crippen molar-refractivity contribution in [2.45, 2.75) is 18.6 Å². The van der Waals surface area contributed by atoms with Crippen LogP contribution >= 0.6 is 11.8 Å². The van der Waals surface area contributed by atoms with Gasteiger partial charge in [0.2, 0.25) is 11.7 Å². The number of aromatic nitrogens is 2. The molecule has 2 heterocycles. The first-order chi connectivity index (χ1) is 10.5. The summed E-state index contributed by atoms with van der Waals surface area (Å²) in [6.45, 7) is 0.934. The Morgan fingerprint density at radius 2 is 2.23 bits per heavy atom. The highest BCUT2D eigenvalue weighted by molar-refractivity contribution is 7.99. The van der Waals surface area contributed by atoms with E-state index in [1.807, 2.05) is 11.8 Å². The molecule has 0 amide bonds. The van der Waals surface area contributed by atoms with Crippen LogP contribution in [-0.2, 0) is 12.6 Å². The first-order valence-corrected chi connectivity index (χ1v) is 7.99. The molecule has 1 N–H and O–H groups in total. The topological polar surface area (TPSA) is 51.0 Å². The number of rotatable bonds is 3. The van der Waals surface area contributed by atoms with Gasteiger partial charge >= 0.3 is 6.18 Å². The van der Waals surface area contributed by atoms with Gasteiger partial charge < -0.3 is 9.84 Å². The van der Waals surface area contributed by atoms with E-state index in [4.69, 9.17) is 4.52 Å². The van der Waals surface area contributed by atoms with E-state index in [0.717, 1.165) is 30.2 Å². The molecule has 1 fully saturated rings. The van der Waals surface area contributed by atoms with E-state index in [2.05, 4.69) is 15.5 Å². The number of hydrogen-bond acceptors (Lipinski definition) is 5. The van der Waals surface area contributed by atoms with E-state index in [9.17, 15) is 13.2 Å². The third-order valence-corrected chi connectivity index (χ3v) is 4.47. The molecule has 1 atom stereocenters. The Balaban J connectivity index is 1.75. The van der Waals surface area contributed by atoms with E-state index >= 15 is 0 Å². The van der Waals surface area contributed by atoms with Crippen molar-refractivity contribution in [2.75, 3.05) is 18.1 Å². The number of benzene rings is 1. The van der Waals surface area contributed by atoms with Crippen molar-refractivity contribution < 1.29 is 17.7 Å². The maximum Gasteiger partial charge on any atom is 0.416 e. The van der Waals surface area contributed by atoms with Gasteiger partial charge in [-0.15, -0.1) is 0 Å². The predicted octanol–water partition coefficient (Wildman–Crippen LogP) is 3.00. The fourth-order valence-corrected chi connectivity index (χ4v) is 3.20. The molecule has 1 unspecified atom stereocenters. The number of nitrogens with one attached hydrogen (secondary N) is 1. The van der Waals surface area contributed by atoms with Crippen LogP contribution in [0.15, 0.2) is 28.8 Å². The first kappa shape index (κ1) is 15.4. The highest BCUT2D eigenvalue weighted by atomic mass is 32.2. The smallest absolute Gasteiger partial charge is 0.339 e. The first-order valence-electron chi connectivity index (χ1n) is 6.84. The van der Waals surface area contributed by atoms with Crippen molar-refractivity contribution >= 4 is 11.8 Å². The van der Waals surface area contributed by atoms with Crippen LogP contribution in [0.2, 0.25) is 0 Å². The molecule has 4 nitrogen and oxygen atoms in total. The molecule has 8 heteroatoms. The van der Waals surface area contributed by atoms with E-state index in [1.165, 1.54) is 6.07 Å². The van der Waals surface area contributed by atoms with Crippen LogP contribution in [0.4, 0.5) is 13.2 Å². The van der Waals surface area contributed by atoms with Crippen molar-refractivity contribution in [1.82, 2.24) is 15.5 Å². The molecular formula is C14H14F3N3OS. The quantitative estimate of drug-likeness (QED) is 0.938. The maximum atomic E-state index is 12.7. The molecular weight excluding hydrogens is 315 g/mol. The summed E-state index contributed by atoms with van der Waals surface area (Å²) in [4.78, 5) is 4.20. The van der Waals surface area contributed by atoms with Crippen molar-refractivity contribution in [2.24, 2.45) is 0 Å². The zero-order valence-corrected chi connectivity index (χ0v) is 12.4. The summed E-state index contributed by atoms with van der Waals surface area (Å²) in [6, 6.07) is 5.19. The van der Waals surface area contributed by atoms with Crippen LogP contribution < -0.4 is 5.32 Å². The van der Waals surface area contributed by atoms with E-state index in [-0.39, 0.29) is 11.9 Å². The zero-order valence-electron chi connectivity index (χ0n) is 11.6. The Bertz CT molecular complexity index is 638. The number of alkyl halides is 3. The summed E-state index contributed by atoms with van der Waals surface area (Å²) in [7, 11) is 0. The summed E-state index contributed by atoms with van der Waals surface area (Å²) in [5.41, 5.74) is -0.419. The minimum Gasteiger partial charge on any atom is -0.339 e. The average molecular weight is 329 g/mol. The average Bonchev–Trinajstić information content (AvgIpc) is 2.96.